The van der Waals surface area contributed by atoms with Crippen molar-refractivity contribution in [1.82, 2.24) is 5.32 Å². The van der Waals surface area contributed by atoms with E-state index in [0.717, 1.165) is 40.8 Å². The molecule has 0 fully saturated rings. The zero-order valence-electron chi connectivity index (χ0n) is 9.65. The molecule has 1 N–H and O–H groups in total. The summed E-state index contributed by atoms with van der Waals surface area (Å²) < 4.78 is 7.22. The van der Waals surface area contributed by atoms with E-state index in [1.54, 1.807) is 0 Å². The highest BCUT2D eigenvalue weighted by Crippen LogP contribution is 2.28. The van der Waals surface area contributed by atoms with E-state index in [1.165, 1.54) is 5.57 Å². The van der Waals surface area contributed by atoms with E-state index in [1.807, 2.05) is 6.07 Å². The first-order valence-electron chi connectivity index (χ1n) is 5.52. The molecule has 0 aliphatic heterocycles. The van der Waals surface area contributed by atoms with Gasteiger partial charge in [0.1, 0.15) is 5.76 Å². The maximum Gasteiger partial charge on any atom is 0.184 e. The molecule has 0 aliphatic carbocycles. The second kappa shape index (κ2) is 7.30. The average Bonchev–Trinajstić information content (AvgIpc) is 2.57. The van der Waals surface area contributed by atoms with Crippen LogP contribution in [0.4, 0.5) is 0 Å². The molecule has 0 saturated heterocycles. The van der Waals surface area contributed by atoms with E-state index in [-0.39, 0.29) is 0 Å². The summed E-state index contributed by atoms with van der Waals surface area (Å²) in [5.74, 6) is 0.883. The minimum Gasteiger partial charge on any atom is -0.449 e. The molecule has 1 aromatic rings. The topological polar surface area (TPSA) is 25.2 Å². The standard InChI is InChI=1S/C12H17Br2NO/c1-3-5-15-8-9(4-2)6-10-7-11(13)12(14)16-10/h6-7,15H,3-5,8H2,1-2H3. The van der Waals surface area contributed by atoms with Crippen LogP contribution < -0.4 is 5.32 Å². The Kier molecular flexibility index (Phi) is 6.39. The first-order valence-corrected chi connectivity index (χ1v) is 7.11. The van der Waals surface area contributed by atoms with Crippen LogP contribution in [0.15, 0.2) is 25.2 Å². The Labute approximate surface area is 114 Å². The normalized spacial score (nSPS) is 12.1. The molecular weight excluding hydrogens is 334 g/mol. The zero-order chi connectivity index (χ0) is 12.0. The van der Waals surface area contributed by atoms with Gasteiger partial charge in [-0.1, -0.05) is 19.4 Å². The summed E-state index contributed by atoms with van der Waals surface area (Å²) in [5.41, 5.74) is 1.35. The van der Waals surface area contributed by atoms with Crippen LogP contribution >= 0.6 is 31.9 Å². The Morgan fingerprint density at radius 1 is 1.44 bits per heavy atom. The van der Waals surface area contributed by atoms with Gasteiger partial charge in [0.25, 0.3) is 0 Å². The lowest BCUT2D eigenvalue weighted by molar-refractivity contribution is 0.529. The molecule has 0 unspecified atom stereocenters. The minimum absolute atomic E-state index is 0.746. The molecule has 2 nitrogen and oxygen atoms in total. The fourth-order valence-electron chi connectivity index (χ4n) is 1.34. The quantitative estimate of drug-likeness (QED) is 0.758. The van der Waals surface area contributed by atoms with Gasteiger partial charge in [-0.2, -0.15) is 0 Å². The second-order valence-electron chi connectivity index (χ2n) is 3.60. The van der Waals surface area contributed by atoms with Crippen molar-refractivity contribution < 1.29 is 4.42 Å². The largest absolute Gasteiger partial charge is 0.449 e. The highest BCUT2D eigenvalue weighted by atomic mass is 79.9. The maximum absolute atomic E-state index is 5.52. The first kappa shape index (κ1) is 14.0. The van der Waals surface area contributed by atoms with Gasteiger partial charge in [0.05, 0.1) is 4.47 Å². The maximum atomic E-state index is 5.52. The smallest absolute Gasteiger partial charge is 0.184 e. The van der Waals surface area contributed by atoms with Gasteiger partial charge >= 0.3 is 0 Å². The van der Waals surface area contributed by atoms with Crippen molar-refractivity contribution in [3.8, 4) is 0 Å². The van der Waals surface area contributed by atoms with E-state index in [0.29, 0.717) is 0 Å². The van der Waals surface area contributed by atoms with Crippen LogP contribution in [-0.4, -0.2) is 13.1 Å². The lowest BCUT2D eigenvalue weighted by atomic mass is 10.1. The summed E-state index contributed by atoms with van der Waals surface area (Å²) in [6, 6.07) is 1.97. The van der Waals surface area contributed by atoms with Gasteiger partial charge in [0, 0.05) is 6.54 Å². The first-order chi connectivity index (χ1) is 7.67. The number of nitrogens with one attached hydrogen (secondary N) is 1. The molecule has 0 spiro atoms. The molecule has 0 bridgehead atoms. The predicted octanol–water partition coefficient (Wildman–Crippen LogP) is 4.60. The molecule has 1 rings (SSSR count). The number of furan rings is 1. The Morgan fingerprint density at radius 2 is 2.19 bits per heavy atom. The molecule has 0 saturated carbocycles. The Morgan fingerprint density at radius 3 is 2.69 bits per heavy atom. The van der Waals surface area contributed by atoms with Gasteiger partial charge in [0.2, 0.25) is 0 Å². The number of halogens is 2. The van der Waals surface area contributed by atoms with Gasteiger partial charge in [-0.25, -0.2) is 0 Å². The Hall–Kier alpha value is -0.0600. The Bertz CT molecular complexity index is 338. The lowest BCUT2D eigenvalue weighted by Gasteiger charge is -2.05. The number of rotatable bonds is 6. The molecule has 0 aliphatic rings. The van der Waals surface area contributed by atoms with E-state index in [2.05, 4.69) is 57.1 Å². The molecule has 4 heteroatoms. The monoisotopic (exact) mass is 349 g/mol. The average molecular weight is 351 g/mol. The number of hydrogen-bond acceptors (Lipinski definition) is 2. The van der Waals surface area contributed by atoms with Crippen molar-refractivity contribution in [2.24, 2.45) is 0 Å². The molecular formula is C12H17Br2NO. The van der Waals surface area contributed by atoms with Crippen LogP contribution in [0.5, 0.6) is 0 Å². The lowest BCUT2D eigenvalue weighted by Crippen LogP contribution is -2.17. The van der Waals surface area contributed by atoms with Gasteiger partial charge in [0.15, 0.2) is 4.67 Å². The summed E-state index contributed by atoms with van der Waals surface area (Å²) in [5, 5.41) is 3.39. The van der Waals surface area contributed by atoms with Crippen LogP contribution in [0.25, 0.3) is 6.08 Å². The van der Waals surface area contributed by atoms with Crippen molar-refractivity contribution in [1.29, 1.82) is 0 Å². The fourth-order valence-corrected chi connectivity index (χ4v) is 1.95. The summed E-state index contributed by atoms with van der Waals surface area (Å²) in [6.45, 7) is 6.32. The van der Waals surface area contributed by atoms with Crippen molar-refractivity contribution in [3.05, 3.63) is 26.5 Å². The minimum atomic E-state index is 0.746. The third-order valence-electron chi connectivity index (χ3n) is 2.24. The SMILES string of the molecule is CCCNCC(=Cc1cc(Br)c(Br)o1)CC. The predicted molar refractivity (Wildman–Crippen MR) is 75.5 cm³/mol. The van der Waals surface area contributed by atoms with E-state index in [9.17, 15) is 0 Å². The highest BCUT2D eigenvalue weighted by molar-refractivity contribution is 9.13. The molecule has 90 valence electrons. The number of hydrogen-bond donors (Lipinski definition) is 1. The molecule has 0 radical (unpaired) electrons. The molecule has 0 aromatic carbocycles. The van der Waals surface area contributed by atoms with E-state index in [4.69, 9.17) is 4.42 Å². The molecule has 16 heavy (non-hydrogen) atoms. The van der Waals surface area contributed by atoms with Crippen molar-refractivity contribution in [2.75, 3.05) is 13.1 Å². The molecule has 0 atom stereocenters. The van der Waals surface area contributed by atoms with Crippen molar-refractivity contribution >= 4 is 37.9 Å². The summed E-state index contributed by atoms with van der Waals surface area (Å²) in [4.78, 5) is 0. The van der Waals surface area contributed by atoms with Crippen LogP contribution in [0.3, 0.4) is 0 Å². The van der Waals surface area contributed by atoms with E-state index >= 15 is 0 Å². The van der Waals surface area contributed by atoms with Gasteiger partial charge in [-0.05, 0) is 63.4 Å². The van der Waals surface area contributed by atoms with Crippen LogP contribution in [-0.2, 0) is 0 Å². The Balaban J connectivity index is 2.63. The van der Waals surface area contributed by atoms with Crippen molar-refractivity contribution in [3.63, 3.8) is 0 Å². The third-order valence-corrected chi connectivity index (χ3v) is 3.95. The zero-order valence-corrected chi connectivity index (χ0v) is 12.8. The van der Waals surface area contributed by atoms with Gasteiger partial charge in [-0.15, -0.1) is 0 Å². The molecule has 1 aromatic heterocycles. The fraction of sp³-hybridized carbons (Fsp3) is 0.500. The summed E-state index contributed by atoms with van der Waals surface area (Å²) in [7, 11) is 0. The van der Waals surface area contributed by atoms with E-state index < -0.39 is 0 Å². The van der Waals surface area contributed by atoms with Crippen molar-refractivity contribution in [2.45, 2.75) is 26.7 Å². The van der Waals surface area contributed by atoms with Crippen LogP contribution in [0.2, 0.25) is 0 Å². The third kappa shape index (κ3) is 4.44. The van der Waals surface area contributed by atoms with Gasteiger partial charge < -0.3 is 9.73 Å². The molecule has 1 heterocycles. The van der Waals surface area contributed by atoms with Crippen LogP contribution in [0.1, 0.15) is 32.4 Å². The van der Waals surface area contributed by atoms with Crippen LogP contribution in [0, 0.1) is 0 Å². The second-order valence-corrected chi connectivity index (χ2v) is 5.18. The van der Waals surface area contributed by atoms with Gasteiger partial charge in [-0.3, -0.25) is 0 Å². The molecule has 0 amide bonds. The summed E-state index contributed by atoms with van der Waals surface area (Å²) >= 11 is 6.74. The highest BCUT2D eigenvalue weighted by Gasteiger charge is 2.04. The summed E-state index contributed by atoms with van der Waals surface area (Å²) in [6.07, 6.45) is 4.29.